The van der Waals surface area contributed by atoms with Gasteiger partial charge in [-0.1, -0.05) is 6.92 Å². The summed E-state index contributed by atoms with van der Waals surface area (Å²) in [5, 5.41) is 2.56. The van der Waals surface area contributed by atoms with Crippen LogP contribution in [-0.4, -0.2) is 44.1 Å². The van der Waals surface area contributed by atoms with Gasteiger partial charge < -0.3 is 20.7 Å². The van der Waals surface area contributed by atoms with Gasteiger partial charge in [-0.15, -0.1) is 0 Å². The zero-order valence-electron chi connectivity index (χ0n) is 12.0. The minimum absolute atomic E-state index is 0.128. The highest BCUT2D eigenvalue weighted by molar-refractivity contribution is 5.95. The minimum atomic E-state index is -0.525. The van der Waals surface area contributed by atoms with Crippen LogP contribution in [-0.2, 0) is 9.53 Å². The van der Waals surface area contributed by atoms with E-state index in [1.165, 1.54) is 13.3 Å². The van der Waals surface area contributed by atoms with Crippen molar-refractivity contribution in [2.45, 2.75) is 13.3 Å². The van der Waals surface area contributed by atoms with E-state index in [2.05, 4.69) is 15.0 Å². The van der Waals surface area contributed by atoms with Crippen molar-refractivity contribution < 1.29 is 14.3 Å². The van der Waals surface area contributed by atoms with Crippen molar-refractivity contribution in [2.75, 3.05) is 37.9 Å². The number of nitrogens with one attached hydrogen (secondary N) is 1. The Morgan fingerprint density at radius 3 is 2.75 bits per heavy atom. The summed E-state index contributed by atoms with van der Waals surface area (Å²) in [6.45, 7) is 2.81. The molecule has 0 unspecified atom stereocenters. The maximum Gasteiger partial charge on any atom is 0.340 e. The van der Waals surface area contributed by atoms with Crippen molar-refractivity contribution in [3.63, 3.8) is 0 Å². The zero-order valence-corrected chi connectivity index (χ0v) is 12.0. The van der Waals surface area contributed by atoms with Crippen LogP contribution in [0, 0.1) is 0 Å². The molecule has 0 bridgehead atoms. The van der Waals surface area contributed by atoms with Gasteiger partial charge in [-0.05, 0) is 12.5 Å². The Labute approximate surface area is 118 Å². The lowest BCUT2D eigenvalue weighted by molar-refractivity contribution is -0.119. The molecule has 110 valence electrons. The number of amides is 1. The Bertz CT molecular complexity index is 491. The van der Waals surface area contributed by atoms with Gasteiger partial charge in [0.15, 0.2) is 0 Å². The number of anilines is 2. The first kappa shape index (κ1) is 15.7. The minimum Gasteiger partial charge on any atom is -0.465 e. The fraction of sp³-hybridized carbons (Fsp3) is 0.462. The van der Waals surface area contributed by atoms with Gasteiger partial charge in [0, 0.05) is 13.6 Å². The molecule has 0 aromatic carbocycles. The van der Waals surface area contributed by atoms with Gasteiger partial charge in [0.25, 0.3) is 0 Å². The molecular weight excluding hydrogens is 260 g/mol. The second-order valence-electron chi connectivity index (χ2n) is 4.22. The lowest BCUT2D eigenvalue weighted by Gasteiger charge is -2.22. The highest BCUT2D eigenvalue weighted by atomic mass is 16.5. The Kier molecular flexibility index (Phi) is 5.76. The smallest absolute Gasteiger partial charge is 0.340 e. The van der Waals surface area contributed by atoms with Crippen molar-refractivity contribution in [1.29, 1.82) is 0 Å². The predicted octanol–water partition coefficient (Wildman–Crippen LogP) is 0.413. The summed E-state index contributed by atoms with van der Waals surface area (Å²) < 4.78 is 4.67. The average molecular weight is 280 g/mol. The van der Waals surface area contributed by atoms with Crippen LogP contribution in [0.2, 0.25) is 0 Å². The van der Waals surface area contributed by atoms with Crippen molar-refractivity contribution in [1.82, 2.24) is 10.3 Å². The first-order valence-corrected chi connectivity index (χ1v) is 6.32. The quantitative estimate of drug-likeness (QED) is 0.733. The van der Waals surface area contributed by atoms with Gasteiger partial charge in [0.1, 0.15) is 5.82 Å². The van der Waals surface area contributed by atoms with Crippen molar-refractivity contribution >= 4 is 23.4 Å². The van der Waals surface area contributed by atoms with E-state index in [9.17, 15) is 9.59 Å². The monoisotopic (exact) mass is 280 g/mol. The number of likely N-dealkylation sites (N-methyl/N-ethyl adjacent to an activating group) is 1. The van der Waals surface area contributed by atoms with E-state index in [-0.39, 0.29) is 23.7 Å². The second-order valence-corrected chi connectivity index (χ2v) is 4.22. The number of methoxy groups -OCH3 is 1. The Morgan fingerprint density at radius 2 is 2.20 bits per heavy atom. The summed E-state index contributed by atoms with van der Waals surface area (Å²) in [6.07, 6.45) is 2.24. The van der Waals surface area contributed by atoms with Crippen molar-refractivity contribution in [3.8, 4) is 0 Å². The maximum atomic E-state index is 11.6. The first-order chi connectivity index (χ1) is 9.53. The molecule has 1 aromatic heterocycles. The van der Waals surface area contributed by atoms with Gasteiger partial charge in [0.2, 0.25) is 5.91 Å². The number of carbonyl (C=O) groups is 2. The highest BCUT2D eigenvalue weighted by Gasteiger charge is 2.16. The second kappa shape index (κ2) is 7.32. The SMILES string of the molecule is CCCN(CC(=O)NC)c1cc(C(=O)OC)c(N)cn1. The van der Waals surface area contributed by atoms with Gasteiger partial charge in [-0.25, -0.2) is 9.78 Å². The van der Waals surface area contributed by atoms with E-state index in [1.54, 1.807) is 18.0 Å². The molecule has 1 amide bonds. The fourth-order valence-corrected chi connectivity index (χ4v) is 1.71. The van der Waals surface area contributed by atoms with Gasteiger partial charge in [-0.3, -0.25) is 4.79 Å². The van der Waals surface area contributed by atoms with Crippen LogP contribution in [0.4, 0.5) is 11.5 Å². The summed E-state index contributed by atoms with van der Waals surface area (Å²) >= 11 is 0. The lowest BCUT2D eigenvalue weighted by Crippen LogP contribution is -2.36. The highest BCUT2D eigenvalue weighted by Crippen LogP contribution is 2.19. The zero-order chi connectivity index (χ0) is 15.1. The molecule has 1 rings (SSSR count). The Morgan fingerprint density at radius 1 is 1.50 bits per heavy atom. The molecule has 0 saturated heterocycles. The van der Waals surface area contributed by atoms with Gasteiger partial charge >= 0.3 is 5.97 Å². The summed E-state index contributed by atoms with van der Waals surface area (Å²) in [4.78, 5) is 29.1. The summed E-state index contributed by atoms with van der Waals surface area (Å²) in [6, 6.07) is 1.54. The molecule has 0 radical (unpaired) electrons. The lowest BCUT2D eigenvalue weighted by atomic mass is 10.2. The average Bonchev–Trinajstić information content (AvgIpc) is 2.46. The molecule has 0 fully saturated rings. The normalized spacial score (nSPS) is 9.95. The molecule has 0 spiro atoms. The molecule has 0 aliphatic heterocycles. The third-order valence-corrected chi connectivity index (χ3v) is 2.76. The molecule has 0 aliphatic carbocycles. The van der Waals surface area contributed by atoms with Crippen LogP contribution in [0.15, 0.2) is 12.3 Å². The molecule has 7 nitrogen and oxygen atoms in total. The van der Waals surface area contributed by atoms with Gasteiger partial charge in [-0.2, -0.15) is 0 Å². The van der Waals surface area contributed by atoms with E-state index >= 15 is 0 Å². The molecule has 3 N–H and O–H groups in total. The third-order valence-electron chi connectivity index (χ3n) is 2.76. The number of carbonyl (C=O) groups excluding carboxylic acids is 2. The standard InChI is InChI=1S/C13H20N4O3/c1-4-5-17(8-12(18)15-2)11-6-9(13(19)20-3)10(14)7-16-11/h6-7H,4-5,8,14H2,1-3H3,(H,15,18). The number of nitrogens with zero attached hydrogens (tertiary/aromatic N) is 2. The number of hydrogen-bond acceptors (Lipinski definition) is 6. The molecule has 1 heterocycles. The molecule has 7 heteroatoms. The Balaban J connectivity index is 3.07. The molecule has 0 aliphatic rings. The molecule has 20 heavy (non-hydrogen) atoms. The summed E-state index contributed by atoms with van der Waals surface area (Å²) in [5.74, 6) is -0.135. The number of nitrogen functional groups attached to an aromatic ring is 1. The number of pyridine rings is 1. The number of nitrogens with two attached hydrogens (primary N) is 1. The van der Waals surface area contributed by atoms with Crippen LogP contribution >= 0.6 is 0 Å². The summed E-state index contributed by atoms with van der Waals surface area (Å²) in [7, 11) is 2.86. The van der Waals surface area contributed by atoms with Crippen LogP contribution in [0.5, 0.6) is 0 Å². The number of hydrogen-bond donors (Lipinski definition) is 2. The van der Waals surface area contributed by atoms with Crippen LogP contribution in [0.1, 0.15) is 23.7 Å². The van der Waals surface area contributed by atoms with Gasteiger partial charge in [0.05, 0.1) is 31.1 Å². The molecule has 1 aromatic rings. The van der Waals surface area contributed by atoms with Crippen LogP contribution in [0.3, 0.4) is 0 Å². The van der Waals surface area contributed by atoms with E-state index in [0.29, 0.717) is 12.4 Å². The number of esters is 1. The summed E-state index contributed by atoms with van der Waals surface area (Å²) in [5.41, 5.74) is 6.20. The maximum absolute atomic E-state index is 11.6. The Hall–Kier alpha value is -2.31. The van der Waals surface area contributed by atoms with Crippen LogP contribution < -0.4 is 16.0 Å². The predicted molar refractivity (Wildman–Crippen MR) is 76.6 cm³/mol. The molecule has 0 atom stereocenters. The number of ether oxygens (including phenoxy) is 1. The molecular formula is C13H20N4O3. The fourth-order valence-electron chi connectivity index (χ4n) is 1.71. The van der Waals surface area contributed by atoms with E-state index in [1.807, 2.05) is 6.92 Å². The number of aromatic nitrogens is 1. The third kappa shape index (κ3) is 3.84. The van der Waals surface area contributed by atoms with E-state index in [0.717, 1.165) is 6.42 Å². The van der Waals surface area contributed by atoms with Crippen molar-refractivity contribution in [3.05, 3.63) is 17.8 Å². The number of rotatable bonds is 6. The first-order valence-electron chi connectivity index (χ1n) is 6.32. The van der Waals surface area contributed by atoms with Crippen molar-refractivity contribution in [2.24, 2.45) is 0 Å². The largest absolute Gasteiger partial charge is 0.465 e. The van der Waals surface area contributed by atoms with Crippen LogP contribution in [0.25, 0.3) is 0 Å². The molecule has 0 saturated carbocycles. The van der Waals surface area contributed by atoms with E-state index < -0.39 is 5.97 Å². The topological polar surface area (TPSA) is 97.5 Å². The van der Waals surface area contributed by atoms with E-state index in [4.69, 9.17) is 5.73 Å².